The van der Waals surface area contributed by atoms with Crippen LogP contribution in [-0.2, 0) is 4.74 Å². The lowest BCUT2D eigenvalue weighted by atomic mass is 9.63. The molecule has 0 unspecified atom stereocenters. The molecule has 2 heteroatoms. The maximum atomic E-state index is 5.63. The van der Waals surface area contributed by atoms with Gasteiger partial charge in [0, 0.05) is 25.1 Å². The predicted octanol–water partition coefficient (Wildman–Crippen LogP) is 1.17. The Hall–Kier alpha value is -0.0800. The zero-order valence-electron chi connectivity index (χ0n) is 7.23. The second-order valence-electron chi connectivity index (χ2n) is 4.00. The Morgan fingerprint density at radius 1 is 1.45 bits per heavy atom. The van der Waals surface area contributed by atoms with Crippen LogP contribution in [0.5, 0.6) is 0 Å². The summed E-state index contributed by atoms with van der Waals surface area (Å²) < 4.78 is 5.63. The van der Waals surface area contributed by atoms with E-state index in [9.17, 15) is 0 Å². The van der Waals surface area contributed by atoms with Crippen molar-refractivity contribution in [2.24, 2.45) is 5.41 Å². The molecule has 1 aliphatic heterocycles. The quantitative estimate of drug-likeness (QED) is 0.660. The summed E-state index contributed by atoms with van der Waals surface area (Å²) in [6.07, 6.45) is 4.36. The highest BCUT2D eigenvalue weighted by molar-refractivity contribution is 5.03. The van der Waals surface area contributed by atoms with Gasteiger partial charge in [0.25, 0.3) is 0 Å². The van der Waals surface area contributed by atoms with Crippen LogP contribution < -0.4 is 5.32 Å². The fourth-order valence-corrected chi connectivity index (χ4v) is 2.08. The molecular weight excluding hydrogens is 138 g/mol. The summed E-state index contributed by atoms with van der Waals surface area (Å²) in [6, 6.07) is 0. The number of nitrogens with one attached hydrogen (secondary N) is 1. The lowest BCUT2D eigenvalue weighted by molar-refractivity contribution is -0.103. The van der Waals surface area contributed by atoms with E-state index in [2.05, 4.69) is 12.2 Å². The van der Waals surface area contributed by atoms with E-state index >= 15 is 0 Å². The van der Waals surface area contributed by atoms with Crippen molar-refractivity contribution in [3.63, 3.8) is 0 Å². The molecule has 0 atom stereocenters. The molecule has 64 valence electrons. The third-order valence-electron chi connectivity index (χ3n) is 2.88. The molecule has 2 aliphatic rings. The first-order valence-electron chi connectivity index (χ1n) is 4.67. The van der Waals surface area contributed by atoms with Crippen molar-refractivity contribution in [1.29, 1.82) is 0 Å². The van der Waals surface area contributed by atoms with E-state index in [-0.39, 0.29) is 0 Å². The fraction of sp³-hybridized carbons (Fsp3) is 1.00. The van der Waals surface area contributed by atoms with E-state index < -0.39 is 0 Å². The van der Waals surface area contributed by atoms with Gasteiger partial charge < -0.3 is 10.1 Å². The van der Waals surface area contributed by atoms with Crippen LogP contribution in [0.1, 0.15) is 26.2 Å². The molecule has 1 N–H and O–H groups in total. The standard InChI is InChI=1S/C9H17NO/c1-2-3-11-8-4-9(5-8)6-10-7-9/h8,10H,2-7H2,1H3. The first-order valence-corrected chi connectivity index (χ1v) is 4.67. The number of hydrogen-bond donors (Lipinski definition) is 1. The van der Waals surface area contributed by atoms with Gasteiger partial charge in [-0.1, -0.05) is 6.92 Å². The summed E-state index contributed by atoms with van der Waals surface area (Å²) in [5.74, 6) is 0. The van der Waals surface area contributed by atoms with Crippen LogP contribution >= 0.6 is 0 Å². The zero-order chi connectivity index (χ0) is 7.73. The van der Waals surface area contributed by atoms with Gasteiger partial charge in [-0.3, -0.25) is 0 Å². The van der Waals surface area contributed by atoms with Gasteiger partial charge in [0.15, 0.2) is 0 Å². The van der Waals surface area contributed by atoms with Crippen LogP contribution in [0.15, 0.2) is 0 Å². The van der Waals surface area contributed by atoms with Crippen LogP contribution in [0.3, 0.4) is 0 Å². The first-order chi connectivity index (χ1) is 5.35. The first kappa shape index (κ1) is 7.56. The molecule has 0 aromatic heterocycles. The summed E-state index contributed by atoms with van der Waals surface area (Å²) in [5, 5.41) is 3.32. The van der Waals surface area contributed by atoms with Crippen molar-refractivity contribution in [3.8, 4) is 0 Å². The molecule has 1 saturated carbocycles. The van der Waals surface area contributed by atoms with E-state index in [1.54, 1.807) is 0 Å². The van der Waals surface area contributed by atoms with Crippen molar-refractivity contribution in [2.45, 2.75) is 32.3 Å². The van der Waals surface area contributed by atoms with Crippen LogP contribution in [0.4, 0.5) is 0 Å². The third-order valence-corrected chi connectivity index (χ3v) is 2.88. The Morgan fingerprint density at radius 2 is 2.18 bits per heavy atom. The Balaban J connectivity index is 1.63. The lowest BCUT2D eigenvalue weighted by Gasteiger charge is -2.54. The number of rotatable bonds is 3. The normalized spacial score (nSPS) is 28.1. The molecule has 0 amide bonds. The van der Waals surface area contributed by atoms with Gasteiger partial charge in [-0.05, 0) is 19.3 Å². The van der Waals surface area contributed by atoms with E-state index in [1.807, 2.05) is 0 Å². The highest BCUT2D eigenvalue weighted by Gasteiger charge is 2.48. The molecule has 1 aliphatic carbocycles. The van der Waals surface area contributed by atoms with E-state index in [4.69, 9.17) is 4.74 Å². The molecule has 1 heterocycles. The second-order valence-corrected chi connectivity index (χ2v) is 4.00. The molecule has 2 nitrogen and oxygen atoms in total. The van der Waals surface area contributed by atoms with E-state index in [1.165, 1.54) is 25.9 Å². The van der Waals surface area contributed by atoms with Crippen LogP contribution in [-0.4, -0.2) is 25.8 Å². The molecule has 0 bridgehead atoms. The molecule has 2 fully saturated rings. The summed E-state index contributed by atoms with van der Waals surface area (Å²) in [6.45, 7) is 5.59. The molecule has 1 saturated heterocycles. The van der Waals surface area contributed by atoms with Gasteiger partial charge in [-0.2, -0.15) is 0 Å². The van der Waals surface area contributed by atoms with E-state index in [0.717, 1.165) is 13.0 Å². The summed E-state index contributed by atoms with van der Waals surface area (Å²) in [7, 11) is 0. The van der Waals surface area contributed by atoms with Crippen LogP contribution in [0.2, 0.25) is 0 Å². The average molecular weight is 155 g/mol. The zero-order valence-corrected chi connectivity index (χ0v) is 7.23. The Labute approximate surface area is 68.3 Å². The molecule has 0 aromatic carbocycles. The van der Waals surface area contributed by atoms with Gasteiger partial charge in [-0.25, -0.2) is 0 Å². The SMILES string of the molecule is CCCOC1CC2(CNC2)C1. The maximum Gasteiger partial charge on any atom is 0.0587 e. The van der Waals surface area contributed by atoms with Gasteiger partial charge in [0.2, 0.25) is 0 Å². The summed E-state index contributed by atoms with van der Waals surface area (Å²) >= 11 is 0. The smallest absolute Gasteiger partial charge is 0.0587 e. The number of ether oxygens (including phenoxy) is 1. The minimum atomic E-state index is 0.594. The molecular formula is C9H17NO. The minimum Gasteiger partial charge on any atom is -0.378 e. The average Bonchev–Trinajstić information content (AvgIpc) is 1.81. The monoisotopic (exact) mass is 155 g/mol. The maximum absolute atomic E-state index is 5.63. The molecule has 11 heavy (non-hydrogen) atoms. The number of hydrogen-bond acceptors (Lipinski definition) is 2. The van der Waals surface area contributed by atoms with Crippen molar-refractivity contribution >= 4 is 0 Å². The van der Waals surface area contributed by atoms with Gasteiger partial charge in [0.05, 0.1) is 6.10 Å². The van der Waals surface area contributed by atoms with E-state index in [0.29, 0.717) is 11.5 Å². The van der Waals surface area contributed by atoms with Crippen molar-refractivity contribution in [1.82, 2.24) is 5.32 Å². The minimum absolute atomic E-state index is 0.594. The van der Waals surface area contributed by atoms with Crippen molar-refractivity contribution in [2.75, 3.05) is 19.7 Å². The summed E-state index contributed by atoms with van der Waals surface area (Å²) in [4.78, 5) is 0. The summed E-state index contributed by atoms with van der Waals surface area (Å²) in [5.41, 5.74) is 0.679. The van der Waals surface area contributed by atoms with Gasteiger partial charge in [-0.15, -0.1) is 0 Å². The highest BCUT2D eigenvalue weighted by atomic mass is 16.5. The largest absolute Gasteiger partial charge is 0.378 e. The molecule has 1 spiro atoms. The fourth-order valence-electron chi connectivity index (χ4n) is 2.08. The van der Waals surface area contributed by atoms with Crippen molar-refractivity contribution < 1.29 is 4.74 Å². The lowest BCUT2D eigenvalue weighted by Crippen LogP contribution is -2.62. The van der Waals surface area contributed by atoms with Crippen molar-refractivity contribution in [3.05, 3.63) is 0 Å². The highest BCUT2D eigenvalue weighted by Crippen LogP contribution is 2.45. The molecule has 0 aromatic rings. The third kappa shape index (κ3) is 1.30. The Kier molecular flexibility index (Phi) is 1.90. The van der Waals surface area contributed by atoms with Gasteiger partial charge in [0.1, 0.15) is 0 Å². The topological polar surface area (TPSA) is 21.3 Å². The molecule has 0 radical (unpaired) electrons. The van der Waals surface area contributed by atoms with Crippen LogP contribution in [0, 0.1) is 5.41 Å². The molecule has 2 rings (SSSR count). The van der Waals surface area contributed by atoms with Crippen LogP contribution in [0.25, 0.3) is 0 Å². The Bertz CT molecular complexity index is 134. The second kappa shape index (κ2) is 2.76. The van der Waals surface area contributed by atoms with Gasteiger partial charge >= 0.3 is 0 Å². The predicted molar refractivity (Wildman–Crippen MR) is 44.6 cm³/mol. The Morgan fingerprint density at radius 3 is 2.64 bits per heavy atom.